The first kappa shape index (κ1) is 20.4. The van der Waals surface area contributed by atoms with Gasteiger partial charge in [-0.05, 0) is 46.8 Å². The second-order valence-electron chi connectivity index (χ2n) is 6.72. The second kappa shape index (κ2) is 8.43. The number of carbonyl (C=O) groups excluding carboxylic acids is 3. The monoisotopic (exact) mass is 343 g/mol. The van der Waals surface area contributed by atoms with E-state index in [2.05, 4.69) is 5.32 Å². The molecular formula is C19H25N3O3. The molecule has 1 rings (SSSR count). The maximum absolute atomic E-state index is 12.5. The minimum Gasteiger partial charge on any atom is -0.347 e. The summed E-state index contributed by atoms with van der Waals surface area (Å²) in [6, 6.07) is 7.78. The van der Waals surface area contributed by atoms with Crippen molar-refractivity contribution in [1.82, 2.24) is 10.2 Å². The summed E-state index contributed by atoms with van der Waals surface area (Å²) < 4.78 is 0. The van der Waals surface area contributed by atoms with Crippen LogP contribution >= 0.6 is 0 Å². The summed E-state index contributed by atoms with van der Waals surface area (Å²) in [4.78, 5) is 38.3. The average Bonchev–Trinajstić information content (AvgIpc) is 2.55. The van der Waals surface area contributed by atoms with Crippen LogP contribution in [0.3, 0.4) is 0 Å². The quantitative estimate of drug-likeness (QED) is 0.634. The predicted molar refractivity (Wildman–Crippen MR) is 95.0 cm³/mol. The zero-order valence-corrected chi connectivity index (χ0v) is 15.4. The number of hydrogen-bond donors (Lipinski definition) is 1. The van der Waals surface area contributed by atoms with Crippen molar-refractivity contribution < 1.29 is 14.4 Å². The van der Waals surface area contributed by atoms with Gasteiger partial charge in [-0.3, -0.25) is 14.4 Å². The second-order valence-corrected chi connectivity index (χ2v) is 6.72. The maximum Gasteiger partial charge on any atom is 0.251 e. The van der Waals surface area contributed by atoms with Crippen molar-refractivity contribution in [3.05, 3.63) is 35.4 Å². The highest BCUT2D eigenvalue weighted by Gasteiger charge is 2.30. The topological polar surface area (TPSA) is 90.3 Å². The Balaban J connectivity index is 2.97. The first-order chi connectivity index (χ1) is 11.6. The van der Waals surface area contributed by atoms with Gasteiger partial charge in [0.05, 0.1) is 6.07 Å². The third-order valence-corrected chi connectivity index (χ3v) is 3.63. The Kier molecular flexibility index (Phi) is 6.86. The number of rotatable bonds is 6. The molecule has 0 saturated carbocycles. The van der Waals surface area contributed by atoms with Gasteiger partial charge in [0, 0.05) is 29.8 Å². The third-order valence-electron chi connectivity index (χ3n) is 3.63. The van der Waals surface area contributed by atoms with Gasteiger partial charge in [0.15, 0.2) is 11.7 Å². The van der Waals surface area contributed by atoms with Gasteiger partial charge in [-0.15, -0.1) is 0 Å². The van der Waals surface area contributed by atoms with Gasteiger partial charge in [-0.25, -0.2) is 0 Å². The highest BCUT2D eigenvalue weighted by atomic mass is 16.2. The van der Waals surface area contributed by atoms with Crippen LogP contribution in [0.15, 0.2) is 24.3 Å². The van der Waals surface area contributed by atoms with Crippen molar-refractivity contribution in [1.29, 1.82) is 5.26 Å². The van der Waals surface area contributed by atoms with Crippen LogP contribution in [-0.4, -0.2) is 41.1 Å². The number of Topliss-reactive ketones (excluding diaryl/α,β-unsaturated/α-hetero) is 1. The molecule has 0 spiro atoms. The fourth-order valence-corrected chi connectivity index (χ4v) is 2.31. The van der Waals surface area contributed by atoms with Gasteiger partial charge < -0.3 is 10.2 Å². The predicted octanol–water partition coefficient (Wildman–Crippen LogP) is 2.41. The van der Waals surface area contributed by atoms with Gasteiger partial charge >= 0.3 is 0 Å². The SMILES string of the molecule is CCN(CC)C(=O)[C@H](C#N)C(=O)c1ccc(C(=O)NC(C)(C)C)cc1. The lowest BCUT2D eigenvalue weighted by atomic mass is 9.96. The van der Waals surface area contributed by atoms with E-state index in [9.17, 15) is 19.6 Å². The van der Waals surface area contributed by atoms with E-state index in [0.29, 0.717) is 18.7 Å². The van der Waals surface area contributed by atoms with Gasteiger partial charge in [0.1, 0.15) is 0 Å². The molecule has 0 aliphatic carbocycles. The smallest absolute Gasteiger partial charge is 0.251 e. The van der Waals surface area contributed by atoms with E-state index in [1.807, 2.05) is 20.8 Å². The Hall–Kier alpha value is -2.68. The van der Waals surface area contributed by atoms with E-state index < -0.39 is 17.6 Å². The largest absolute Gasteiger partial charge is 0.347 e. The highest BCUT2D eigenvalue weighted by molar-refractivity contribution is 6.12. The summed E-state index contributed by atoms with van der Waals surface area (Å²) in [6.45, 7) is 10.1. The van der Waals surface area contributed by atoms with Gasteiger partial charge in [-0.1, -0.05) is 12.1 Å². The molecule has 1 aromatic rings. The molecule has 25 heavy (non-hydrogen) atoms. The van der Waals surface area contributed by atoms with Crippen LogP contribution in [0.1, 0.15) is 55.3 Å². The van der Waals surface area contributed by atoms with Crippen molar-refractivity contribution in [3.8, 4) is 6.07 Å². The van der Waals surface area contributed by atoms with E-state index in [-0.39, 0.29) is 17.0 Å². The van der Waals surface area contributed by atoms with Crippen molar-refractivity contribution in [2.45, 2.75) is 40.2 Å². The van der Waals surface area contributed by atoms with Crippen molar-refractivity contribution in [2.75, 3.05) is 13.1 Å². The summed E-state index contributed by atoms with van der Waals surface area (Å²) in [7, 11) is 0. The van der Waals surface area contributed by atoms with Crippen molar-refractivity contribution >= 4 is 17.6 Å². The Morgan fingerprint density at radius 2 is 1.56 bits per heavy atom. The summed E-state index contributed by atoms with van der Waals surface area (Å²) in [5.41, 5.74) is 0.280. The van der Waals surface area contributed by atoms with Gasteiger partial charge in [-0.2, -0.15) is 5.26 Å². The minimum atomic E-state index is -1.37. The third kappa shape index (κ3) is 5.42. The number of nitrogens with one attached hydrogen (secondary N) is 1. The summed E-state index contributed by atoms with van der Waals surface area (Å²) in [5.74, 6) is -2.66. The van der Waals surface area contributed by atoms with E-state index in [0.717, 1.165) is 0 Å². The van der Waals surface area contributed by atoms with Crippen molar-refractivity contribution in [3.63, 3.8) is 0 Å². The molecule has 0 radical (unpaired) electrons. The molecule has 1 N–H and O–H groups in total. The van der Waals surface area contributed by atoms with Crippen LogP contribution in [0.5, 0.6) is 0 Å². The van der Waals surface area contributed by atoms with Gasteiger partial charge in [0.25, 0.3) is 5.91 Å². The maximum atomic E-state index is 12.5. The number of nitriles is 1. The van der Waals surface area contributed by atoms with E-state index >= 15 is 0 Å². The Bertz CT molecular complexity index is 677. The molecule has 1 aromatic carbocycles. The van der Waals surface area contributed by atoms with Crippen LogP contribution < -0.4 is 5.32 Å². The molecule has 6 nitrogen and oxygen atoms in total. The molecule has 0 bridgehead atoms. The molecule has 1 atom stereocenters. The average molecular weight is 343 g/mol. The number of hydrogen-bond acceptors (Lipinski definition) is 4. The summed E-state index contributed by atoms with van der Waals surface area (Å²) in [5, 5.41) is 12.1. The lowest BCUT2D eigenvalue weighted by Crippen LogP contribution is -2.40. The van der Waals surface area contributed by atoms with E-state index in [4.69, 9.17) is 0 Å². The number of nitrogens with zero attached hydrogens (tertiary/aromatic N) is 2. The van der Waals surface area contributed by atoms with Crippen LogP contribution in [0, 0.1) is 17.2 Å². The van der Waals surface area contributed by atoms with Crippen LogP contribution in [-0.2, 0) is 4.79 Å². The number of benzene rings is 1. The highest BCUT2D eigenvalue weighted by Crippen LogP contribution is 2.14. The molecule has 0 saturated heterocycles. The zero-order valence-electron chi connectivity index (χ0n) is 15.4. The fraction of sp³-hybridized carbons (Fsp3) is 0.474. The molecule has 0 aliphatic heterocycles. The fourth-order valence-electron chi connectivity index (χ4n) is 2.31. The number of ketones is 1. The first-order valence-electron chi connectivity index (χ1n) is 8.29. The molecule has 134 valence electrons. The Labute approximate surface area is 148 Å². The molecule has 2 amide bonds. The molecular weight excluding hydrogens is 318 g/mol. The molecule has 0 unspecified atom stereocenters. The van der Waals surface area contributed by atoms with Crippen LogP contribution in [0.4, 0.5) is 0 Å². The van der Waals surface area contributed by atoms with Crippen LogP contribution in [0.2, 0.25) is 0 Å². The summed E-state index contributed by atoms with van der Waals surface area (Å²) in [6.07, 6.45) is 0. The van der Waals surface area contributed by atoms with Crippen molar-refractivity contribution in [2.24, 2.45) is 5.92 Å². The molecule has 0 fully saturated rings. The molecule has 6 heteroatoms. The summed E-state index contributed by atoms with van der Waals surface area (Å²) >= 11 is 0. The van der Waals surface area contributed by atoms with E-state index in [1.54, 1.807) is 19.9 Å². The van der Waals surface area contributed by atoms with Gasteiger partial charge in [0.2, 0.25) is 5.91 Å². The first-order valence-corrected chi connectivity index (χ1v) is 8.29. The zero-order chi connectivity index (χ0) is 19.2. The molecule has 0 aromatic heterocycles. The minimum absolute atomic E-state index is 0.236. The molecule has 0 heterocycles. The Morgan fingerprint density at radius 1 is 1.08 bits per heavy atom. The number of amides is 2. The number of carbonyl (C=O) groups is 3. The molecule has 0 aliphatic rings. The standard InChI is InChI=1S/C19H25N3O3/c1-6-22(7-2)18(25)15(12-20)16(23)13-8-10-14(11-9-13)17(24)21-19(3,4)5/h8-11,15H,6-7H2,1-5H3,(H,21,24)/t15-/m1/s1. The van der Waals surface area contributed by atoms with E-state index in [1.165, 1.54) is 29.2 Å². The Morgan fingerprint density at radius 3 is 1.96 bits per heavy atom. The normalized spacial score (nSPS) is 12.0. The van der Waals surface area contributed by atoms with Crippen LogP contribution in [0.25, 0.3) is 0 Å². The lowest BCUT2D eigenvalue weighted by Gasteiger charge is -2.21. The lowest BCUT2D eigenvalue weighted by molar-refractivity contribution is -0.132.